The molecule has 39 heavy (non-hydrogen) atoms. The molecule has 0 radical (unpaired) electrons. The van der Waals surface area contributed by atoms with Gasteiger partial charge in [0.1, 0.15) is 23.3 Å². The molecule has 0 aliphatic carbocycles. The van der Waals surface area contributed by atoms with Gasteiger partial charge >= 0.3 is 6.09 Å². The Kier molecular flexibility index (Phi) is 7.26. The van der Waals surface area contributed by atoms with E-state index >= 15 is 0 Å². The first-order valence-electron chi connectivity index (χ1n) is 12.0. The van der Waals surface area contributed by atoms with Crippen LogP contribution >= 0.6 is 0 Å². The molecule has 0 saturated heterocycles. The molecule has 2 aromatic carbocycles. The van der Waals surface area contributed by atoms with Crippen molar-refractivity contribution in [2.24, 2.45) is 5.73 Å². The normalized spacial score (nSPS) is 11.5. The minimum Gasteiger partial charge on any atom is -0.410 e. The minimum atomic E-state index is -1.07. The van der Waals surface area contributed by atoms with Crippen LogP contribution in [0.2, 0.25) is 0 Å². The quantitative estimate of drug-likeness (QED) is 0.227. The molecule has 0 aliphatic heterocycles. The number of ether oxygens (including phenoxy) is 1. The fourth-order valence-electron chi connectivity index (χ4n) is 3.91. The highest BCUT2D eigenvalue weighted by Crippen LogP contribution is 2.25. The van der Waals surface area contributed by atoms with Gasteiger partial charge in [-0.15, -0.1) is 0 Å². The number of amides is 2. The number of aromatic amines is 1. The summed E-state index contributed by atoms with van der Waals surface area (Å²) in [5, 5.41) is 5.46. The molecule has 12 heteroatoms. The minimum absolute atomic E-state index is 0.0436. The number of para-hydroxylation sites is 1. The second-order valence-electron chi connectivity index (χ2n) is 8.40. The molecule has 1 unspecified atom stereocenters. The molecule has 3 heterocycles. The number of imidazole rings is 1. The maximum absolute atomic E-state index is 12.8. The Morgan fingerprint density at radius 2 is 1.82 bits per heavy atom. The van der Waals surface area contributed by atoms with Gasteiger partial charge in [-0.1, -0.05) is 24.3 Å². The van der Waals surface area contributed by atoms with Crippen LogP contribution in [0.5, 0.6) is 5.75 Å². The number of H-pyrrole nitrogens is 1. The average Bonchev–Trinajstić information content (AvgIpc) is 3.39. The number of aromatic nitrogens is 5. The summed E-state index contributed by atoms with van der Waals surface area (Å²) in [6, 6.07) is 20.4. The first kappa shape index (κ1) is 25.1. The highest BCUT2D eigenvalue weighted by molar-refractivity contribution is 5.86. The summed E-state index contributed by atoms with van der Waals surface area (Å²) in [6.07, 6.45) is 2.44. The molecule has 0 spiro atoms. The van der Waals surface area contributed by atoms with Crippen molar-refractivity contribution in [1.29, 1.82) is 0 Å². The van der Waals surface area contributed by atoms with Gasteiger partial charge in [-0.25, -0.2) is 24.7 Å². The number of hydrogen-bond donors (Lipinski definition) is 4. The van der Waals surface area contributed by atoms with Gasteiger partial charge < -0.3 is 31.0 Å². The van der Waals surface area contributed by atoms with Gasteiger partial charge in [0.25, 0.3) is 0 Å². The van der Waals surface area contributed by atoms with Crippen molar-refractivity contribution < 1.29 is 14.3 Å². The van der Waals surface area contributed by atoms with Crippen LogP contribution in [-0.2, 0) is 4.79 Å². The average molecular weight is 524 g/mol. The third kappa shape index (κ3) is 5.91. The molecular weight excluding hydrogens is 498 g/mol. The predicted octanol–water partition coefficient (Wildman–Crippen LogP) is 3.24. The van der Waals surface area contributed by atoms with Crippen LogP contribution in [0.3, 0.4) is 0 Å². The van der Waals surface area contributed by atoms with E-state index in [1.54, 1.807) is 60.7 Å². The van der Waals surface area contributed by atoms with Crippen LogP contribution in [-0.4, -0.2) is 56.6 Å². The monoisotopic (exact) mass is 523 g/mol. The molecule has 0 bridgehead atoms. The fourth-order valence-corrected chi connectivity index (χ4v) is 3.91. The predicted molar refractivity (Wildman–Crippen MR) is 146 cm³/mol. The lowest BCUT2D eigenvalue weighted by molar-refractivity contribution is -0.119. The highest BCUT2D eigenvalue weighted by Gasteiger charge is 2.24. The number of anilines is 3. The highest BCUT2D eigenvalue weighted by atomic mass is 16.6. The Morgan fingerprint density at radius 1 is 1.00 bits per heavy atom. The zero-order valence-electron chi connectivity index (χ0n) is 20.9. The summed E-state index contributed by atoms with van der Waals surface area (Å²) in [5.41, 5.74) is 8.33. The largest absolute Gasteiger partial charge is 0.413 e. The summed E-state index contributed by atoms with van der Waals surface area (Å²) < 4.78 is 5.47. The first-order valence-corrected chi connectivity index (χ1v) is 12.0. The zero-order valence-corrected chi connectivity index (χ0v) is 20.9. The van der Waals surface area contributed by atoms with E-state index in [-0.39, 0.29) is 12.3 Å². The van der Waals surface area contributed by atoms with Crippen LogP contribution < -0.4 is 26.0 Å². The number of fused-ring (bicyclic) bond motifs is 1. The third-order valence-electron chi connectivity index (χ3n) is 5.78. The number of hydrogen-bond acceptors (Lipinski definition) is 9. The molecule has 196 valence electrons. The van der Waals surface area contributed by atoms with E-state index in [1.165, 1.54) is 0 Å². The van der Waals surface area contributed by atoms with E-state index in [9.17, 15) is 9.59 Å². The molecule has 0 fully saturated rings. The van der Waals surface area contributed by atoms with E-state index in [1.807, 2.05) is 36.4 Å². The fraction of sp³-hybridized carbons (Fsp3) is 0.111. The standard InChI is InChI=1S/C27H25N9O3/c1-29-26-31-14-12-20(34-26)25-32-19-11-10-18(15-21(19)33-25)39-27(38)35-22(24(28)37)16-36(17-7-3-2-4-8-17)23-9-5-6-13-30-23/h2-15,22H,16H2,1H3,(H2,28,37)(H,32,33)(H,35,38)(H,29,31,34). The lowest BCUT2D eigenvalue weighted by atomic mass is 10.2. The van der Waals surface area contributed by atoms with Crippen molar-refractivity contribution in [2.75, 3.05) is 23.8 Å². The van der Waals surface area contributed by atoms with Crippen LogP contribution in [0.25, 0.3) is 22.6 Å². The number of rotatable bonds is 9. The molecule has 5 rings (SSSR count). The summed E-state index contributed by atoms with van der Waals surface area (Å²) in [4.78, 5) is 47.5. The van der Waals surface area contributed by atoms with Crippen molar-refractivity contribution >= 4 is 40.5 Å². The molecule has 5 aromatic rings. The van der Waals surface area contributed by atoms with E-state index < -0.39 is 18.0 Å². The Hall–Kier alpha value is -5.52. The summed E-state index contributed by atoms with van der Waals surface area (Å²) in [7, 11) is 1.73. The van der Waals surface area contributed by atoms with Gasteiger partial charge in [0.2, 0.25) is 11.9 Å². The van der Waals surface area contributed by atoms with Gasteiger partial charge in [0, 0.05) is 31.2 Å². The lowest BCUT2D eigenvalue weighted by Crippen LogP contribution is -2.51. The number of nitrogens with one attached hydrogen (secondary N) is 3. The molecule has 0 saturated carbocycles. The number of nitrogens with two attached hydrogens (primary N) is 1. The van der Waals surface area contributed by atoms with Gasteiger partial charge in [-0.05, 0) is 42.5 Å². The Labute approximate surface area is 223 Å². The number of pyridine rings is 1. The zero-order chi connectivity index (χ0) is 27.2. The third-order valence-corrected chi connectivity index (χ3v) is 5.78. The molecule has 2 amide bonds. The summed E-state index contributed by atoms with van der Waals surface area (Å²) in [5.74, 6) is 1.13. The van der Waals surface area contributed by atoms with Crippen LogP contribution in [0.4, 0.5) is 22.2 Å². The number of benzene rings is 2. The van der Waals surface area contributed by atoms with Crippen LogP contribution in [0.1, 0.15) is 0 Å². The smallest absolute Gasteiger partial charge is 0.410 e. The first-order chi connectivity index (χ1) is 19.0. The Morgan fingerprint density at radius 3 is 2.56 bits per heavy atom. The van der Waals surface area contributed by atoms with Crippen LogP contribution in [0, 0.1) is 0 Å². The molecule has 3 aromatic heterocycles. The lowest BCUT2D eigenvalue weighted by Gasteiger charge is -2.27. The van der Waals surface area contributed by atoms with E-state index in [4.69, 9.17) is 10.5 Å². The molecule has 0 aliphatic rings. The van der Waals surface area contributed by atoms with Gasteiger partial charge in [-0.3, -0.25) is 4.79 Å². The van der Waals surface area contributed by atoms with Crippen molar-refractivity contribution in [1.82, 2.24) is 30.2 Å². The Balaban J connectivity index is 1.31. The maximum Gasteiger partial charge on any atom is 0.413 e. The molecule has 5 N–H and O–H groups in total. The van der Waals surface area contributed by atoms with Crippen molar-refractivity contribution in [2.45, 2.75) is 6.04 Å². The van der Waals surface area contributed by atoms with E-state index in [2.05, 4.69) is 35.6 Å². The van der Waals surface area contributed by atoms with Crippen molar-refractivity contribution in [3.05, 3.63) is 85.2 Å². The molecular formula is C27H25N9O3. The van der Waals surface area contributed by atoms with Gasteiger partial charge in [0.15, 0.2) is 5.82 Å². The Bertz CT molecular complexity index is 1550. The summed E-state index contributed by atoms with van der Waals surface area (Å²) in [6.45, 7) is 0.0436. The second kappa shape index (κ2) is 11.3. The van der Waals surface area contributed by atoms with E-state index in [0.717, 1.165) is 5.69 Å². The molecule has 1 atom stereocenters. The van der Waals surface area contributed by atoms with Crippen molar-refractivity contribution in [3.63, 3.8) is 0 Å². The van der Waals surface area contributed by atoms with E-state index in [0.29, 0.717) is 34.3 Å². The SMILES string of the molecule is CNc1nccc(-c2nc3ccc(OC(=O)NC(CN(c4ccccc4)c4ccccn4)C(N)=O)cc3[nH]2)n1. The maximum atomic E-state index is 12.8. The van der Waals surface area contributed by atoms with Crippen LogP contribution in [0.15, 0.2) is 85.2 Å². The molecule has 12 nitrogen and oxygen atoms in total. The van der Waals surface area contributed by atoms with Gasteiger partial charge in [0.05, 0.1) is 17.6 Å². The van der Waals surface area contributed by atoms with Gasteiger partial charge in [-0.2, -0.15) is 0 Å². The number of carbonyl (C=O) groups is 2. The second-order valence-corrected chi connectivity index (χ2v) is 8.40. The number of carbonyl (C=O) groups excluding carboxylic acids is 2. The topological polar surface area (TPSA) is 164 Å². The van der Waals surface area contributed by atoms with Crippen molar-refractivity contribution in [3.8, 4) is 17.3 Å². The number of nitrogens with zero attached hydrogens (tertiary/aromatic N) is 5. The number of primary amides is 1. The summed E-state index contributed by atoms with van der Waals surface area (Å²) >= 11 is 0.